The van der Waals surface area contributed by atoms with Crippen LogP contribution in [0.2, 0.25) is 10.0 Å². The monoisotopic (exact) mass is 394 g/mol. The van der Waals surface area contributed by atoms with E-state index in [4.69, 9.17) is 23.2 Å². The van der Waals surface area contributed by atoms with Gasteiger partial charge in [-0.2, -0.15) is 0 Å². The van der Waals surface area contributed by atoms with E-state index in [-0.39, 0.29) is 0 Å². The Kier molecular flexibility index (Phi) is 4.86. The van der Waals surface area contributed by atoms with Crippen LogP contribution in [0.25, 0.3) is 22.0 Å². The van der Waals surface area contributed by atoms with Gasteiger partial charge in [0.15, 0.2) is 0 Å². The molecule has 1 aromatic heterocycles. The van der Waals surface area contributed by atoms with E-state index in [0.717, 1.165) is 12.1 Å². The molecule has 3 aromatic carbocycles. The quantitative estimate of drug-likeness (QED) is 0.372. The van der Waals surface area contributed by atoms with Gasteiger partial charge < -0.3 is 9.47 Å². The number of nitrogens with zero attached hydrogens (tertiary/aromatic N) is 2. The molecule has 0 aliphatic carbocycles. The summed E-state index contributed by atoms with van der Waals surface area (Å²) < 4.78 is 2.24. The van der Waals surface area contributed by atoms with Crippen molar-refractivity contribution in [3.05, 3.63) is 88.5 Å². The summed E-state index contributed by atoms with van der Waals surface area (Å²) in [5, 5.41) is 2.42. The van der Waals surface area contributed by atoms with Crippen LogP contribution < -0.4 is 4.90 Å². The second-order valence-electron chi connectivity index (χ2n) is 6.87. The van der Waals surface area contributed by atoms with Crippen molar-refractivity contribution in [1.29, 1.82) is 0 Å². The molecule has 4 heteroatoms. The van der Waals surface area contributed by atoms with E-state index in [1.807, 2.05) is 18.2 Å². The second kappa shape index (κ2) is 7.30. The Morgan fingerprint density at radius 3 is 2.33 bits per heavy atom. The number of hydrogen-bond donors (Lipinski definition) is 0. The molecule has 0 atom stereocenters. The van der Waals surface area contributed by atoms with Crippen LogP contribution in [0.5, 0.6) is 0 Å². The molecule has 0 spiro atoms. The van der Waals surface area contributed by atoms with Crippen molar-refractivity contribution in [2.75, 3.05) is 19.0 Å². The van der Waals surface area contributed by atoms with Crippen molar-refractivity contribution in [3.8, 4) is 11.1 Å². The Labute approximate surface area is 169 Å². The van der Waals surface area contributed by atoms with E-state index >= 15 is 0 Å². The summed E-state index contributed by atoms with van der Waals surface area (Å²) in [5.74, 6) is 0. The lowest BCUT2D eigenvalue weighted by atomic mass is 10.0. The Balaban J connectivity index is 1.72. The first-order chi connectivity index (χ1) is 13.0. The highest BCUT2D eigenvalue weighted by Crippen LogP contribution is 2.31. The van der Waals surface area contributed by atoms with Gasteiger partial charge in [-0.15, -0.1) is 0 Å². The van der Waals surface area contributed by atoms with Crippen LogP contribution in [0.3, 0.4) is 0 Å². The number of rotatable bonds is 4. The minimum atomic E-state index is 0.584. The maximum absolute atomic E-state index is 6.17. The Hall–Kier alpha value is -2.42. The van der Waals surface area contributed by atoms with Gasteiger partial charge >= 0.3 is 0 Å². The fourth-order valence-corrected chi connectivity index (χ4v) is 3.71. The molecule has 1 heterocycles. The Bertz CT molecular complexity index is 1100. The molecular formula is C23H20Cl2N2. The van der Waals surface area contributed by atoms with Gasteiger partial charge in [-0.05, 0) is 53.1 Å². The molecule has 0 fully saturated rings. The molecule has 0 saturated heterocycles. The van der Waals surface area contributed by atoms with E-state index in [0.29, 0.717) is 10.0 Å². The lowest BCUT2D eigenvalue weighted by molar-refractivity contribution is 0.837. The van der Waals surface area contributed by atoms with Gasteiger partial charge in [-0.3, -0.25) is 0 Å². The predicted molar refractivity (Wildman–Crippen MR) is 117 cm³/mol. The Morgan fingerprint density at radius 1 is 0.852 bits per heavy atom. The third-order valence-electron chi connectivity index (χ3n) is 4.85. The summed E-state index contributed by atoms with van der Waals surface area (Å²) in [5.41, 5.74) is 5.99. The van der Waals surface area contributed by atoms with E-state index in [1.54, 1.807) is 0 Å². The average molecular weight is 395 g/mol. The number of aromatic nitrogens is 1. The molecule has 0 aliphatic heterocycles. The first kappa shape index (κ1) is 18.0. The van der Waals surface area contributed by atoms with E-state index in [1.165, 1.54) is 27.7 Å². The highest BCUT2D eigenvalue weighted by Gasteiger charge is 2.09. The third-order valence-corrected chi connectivity index (χ3v) is 5.58. The summed E-state index contributed by atoms with van der Waals surface area (Å²) in [6, 6.07) is 23.1. The van der Waals surface area contributed by atoms with Crippen molar-refractivity contribution in [1.82, 2.24) is 4.57 Å². The van der Waals surface area contributed by atoms with Crippen LogP contribution in [-0.2, 0) is 6.54 Å². The minimum Gasteiger partial charge on any atom is -0.378 e. The van der Waals surface area contributed by atoms with E-state index < -0.39 is 0 Å². The van der Waals surface area contributed by atoms with Crippen molar-refractivity contribution >= 4 is 39.8 Å². The molecule has 2 nitrogen and oxygen atoms in total. The van der Waals surface area contributed by atoms with Crippen LogP contribution in [-0.4, -0.2) is 18.7 Å². The highest BCUT2D eigenvalue weighted by molar-refractivity contribution is 6.42. The summed E-state index contributed by atoms with van der Waals surface area (Å²) in [6.45, 7) is 0.753. The fraction of sp³-hybridized carbons (Fsp3) is 0.130. The van der Waals surface area contributed by atoms with Gasteiger partial charge in [-0.25, -0.2) is 0 Å². The summed E-state index contributed by atoms with van der Waals surface area (Å²) in [6.07, 6.45) is 2.13. The van der Waals surface area contributed by atoms with E-state index in [9.17, 15) is 0 Å². The number of benzene rings is 3. The van der Waals surface area contributed by atoms with Crippen molar-refractivity contribution < 1.29 is 0 Å². The Morgan fingerprint density at radius 2 is 1.63 bits per heavy atom. The molecule has 136 valence electrons. The molecule has 0 saturated carbocycles. The first-order valence-electron chi connectivity index (χ1n) is 8.82. The molecule has 4 aromatic rings. The SMILES string of the molecule is CN(C)c1ccc(-c2cccc3c2ccn3Cc2ccc(Cl)c(Cl)c2)cc1. The van der Waals surface area contributed by atoms with Gasteiger partial charge in [-0.1, -0.05) is 53.5 Å². The van der Waals surface area contributed by atoms with Crippen LogP contribution >= 0.6 is 23.2 Å². The summed E-state index contributed by atoms with van der Waals surface area (Å²) in [4.78, 5) is 2.11. The predicted octanol–water partition coefficient (Wildman–Crippen LogP) is 6.73. The zero-order valence-corrected chi connectivity index (χ0v) is 16.8. The van der Waals surface area contributed by atoms with Gasteiger partial charge in [0.2, 0.25) is 0 Å². The number of hydrogen-bond acceptors (Lipinski definition) is 1. The molecule has 27 heavy (non-hydrogen) atoms. The number of anilines is 1. The number of fused-ring (bicyclic) bond motifs is 1. The molecular weight excluding hydrogens is 375 g/mol. The molecule has 0 aliphatic rings. The van der Waals surface area contributed by atoms with Gasteiger partial charge in [0.05, 0.1) is 10.0 Å². The third kappa shape index (κ3) is 3.55. The van der Waals surface area contributed by atoms with Gasteiger partial charge in [0.1, 0.15) is 0 Å². The lowest BCUT2D eigenvalue weighted by Gasteiger charge is -2.13. The largest absolute Gasteiger partial charge is 0.378 e. The van der Waals surface area contributed by atoms with Gasteiger partial charge in [0.25, 0.3) is 0 Å². The normalized spacial score (nSPS) is 11.1. The fourth-order valence-electron chi connectivity index (χ4n) is 3.39. The van der Waals surface area contributed by atoms with Crippen LogP contribution in [0, 0.1) is 0 Å². The van der Waals surface area contributed by atoms with Crippen LogP contribution in [0.15, 0.2) is 72.9 Å². The smallest absolute Gasteiger partial charge is 0.0595 e. The number of halogens is 2. The van der Waals surface area contributed by atoms with Crippen LogP contribution in [0.1, 0.15) is 5.56 Å². The molecule has 0 bridgehead atoms. The first-order valence-corrected chi connectivity index (χ1v) is 9.58. The molecule has 0 amide bonds. The zero-order chi connectivity index (χ0) is 19.0. The maximum Gasteiger partial charge on any atom is 0.0595 e. The average Bonchev–Trinajstić information content (AvgIpc) is 3.08. The maximum atomic E-state index is 6.17. The minimum absolute atomic E-state index is 0.584. The van der Waals surface area contributed by atoms with Crippen molar-refractivity contribution in [2.45, 2.75) is 6.54 Å². The van der Waals surface area contributed by atoms with E-state index in [2.05, 4.69) is 78.3 Å². The highest BCUT2D eigenvalue weighted by atomic mass is 35.5. The molecule has 0 unspecified atom stereocenters. The molecule has 0 radical (unpaired) electrons. The standard InChI is InChI=1S/C23H20Cl2N2/c1-26(2)18-9-7-17(8-10-18)19-4-3-5-23-20(19)12-13-27(23)15-16-6-11-21(24)22(25)14-16/h3-14H,15H2,1-2H3. The van der Waals surface area contributed by atoms with Crippen molar-refractivity contribution in [2.24, 2.45) is 0 Å². The zero-order valence-electron chi connectivity index (χ0n) is 15.3. The second-order valence-corrected chi connectivity index (χ2v) is 7.69. The van der Waals surface area contributed by atoms with Gasteiger partial charge in [0, 0.05) is 43.4 Å². The van der Waals surface area contributed by atoms with Crippen LogP contribution in [0.4, 0.5) is 5.69 Å². The summed E-state index contributed by atoms with van der Waals surface area (Å²) in [7, 11) is 4.11. The topological polar surface area (TPSA) is 8.17 Å². The summed E-state index contributed by atoms with van der Waals surface area (Å²) >= 11 is 12.2. The molecule has 0 N–H and O–H groups in total. The van der Waals surface area contributed by atoms with Crippen molar-refractivity contribution in [3.63, 3.8) is 0 Å². The lowest BCUT2D eigenvalue weighted by Crippen LogP contribution is -2.07. The molecule has 4 rings (SSSR count).